The summed E-state index contributed by atoms with van der Waals surface area (Å²) in [7, 11) is 1.98. The SMILES string of the molecule is Cc1ccc2c(CC(=O)NC(C)c3nc4ccccc4n3C)c[nH]c2c1. The number of aromatic nitrogens is 3. The number of imidazole rings is 1. The van der Waals surface area contributed by atoms with Crippen LogP contribution >= 0.6 is 0 Å². The molecule has 132 valence electrons. The van der Waals surface area contributed by atoms with Gasteiger partial charge in [-0.25, -0.2) is 4.98 Å². The van der Waals surface area contributed by atoms with Crippen molar-refractivity contribution in [2.24, 2.45) is 7.05 Å². The summed E-state index contributed by atoms with van der Waals surface area (Å²) < 4.78 is 2.04. The third kappa shape index (κ3) is 2.86. The van der Waals surface area contributed by atoms with Gasteiger partial charge in [-0.2, -0.15) is 0 Å². The maximum absolute atomic E-state index is 12.6. The molecule has 1 atom stereocenters. The van der Waals surface area contributed by atoms with E-state index in [2.05, 4.69) is 40.4 Å². The molecule has 0 aliphatic heterocycles. The lowest BCUT2D eigenvalue weighted by Crippen LogP contribution is -2.29. The molecule has 2 N–H and O–H groups in total. The van der Waals surface area contributed by atoms with Crippen molar-refractivity contribution in [1.29, 1.82) is 0 Å². The monoisotopic (exact) mass is 346 g/mol. The van der Waals surface area contributed by atoms with E-state index in [9.17, 15) is 4.79 Å². The molecule has 0 spiro atoms. The van der Waals surface area contributed by atoms with Gasteiger partial charge < -0.3 is 14.9 Å². The highest BCUT2D eigenvalue weighted by Gasteiger charge is 2.17. The molecule has 0 aliphatic rings. The van der Waals surface area contributed by atoms with Crippen molar-refractivity contribution in [1.82, 2.24) is 19.9 Å². The number of aryl methyl sites for hydroxylation is 2. The van der Waals surface area contributed by atoms with E-state index < -0.39 is 0 Å². The van der Waals surface area contributed by atoms with Crippen molar-refractivity contribution in [3.8, 4) is 0 Å². The normalized spacial score (nSPS) is 12.6. The highest BCUT2D eigenvalue weighted by Crippen LogP contribution is 2.21. The molecule has 5 heteroatoms. The first kappa shape index (κ1) is 16.4. The van der Waals surface area contributed by atoms with Crippen LogP contribution in [0.4, 0.5) is 0 Å². The quantitative estimate of drug-likeness (QED) is 0.591. The minimum absolute atomic E-state index is 0.00830. The Kier molecular flexibility index (Phi) is 3.99. The fourth-order valence-corrected chi connectivity index (χ4v) is 3.53. The Morgan fingerprint density at radius 3 is 2.88 bits per heavy atom. The van der Waals surface area contributed by atoms with E-state index in [4.69, 9.17) is 0 Å². The zero-order valence-electron chi connectivity index (χ0n) is 15.2. The van der Waals surface area contributed by atoms with E-state index in [1.165, 1.54) is 5.56 Å². The summed E-state index contributed by atoms with van der Waals surface area (Å²) in [4.78, 5) is 20.5. The van der Waals surface area contributed by atoms with E-state index >= 15 is 0 Å². The second-order valence-electron chi connectivity index (χ2n) is 6.85. The molecule has 1 unspecified atom stereocenters. The number of para-hydroxylation sites is 2. The first-order chi connectivity index (χ1) is 12.5. The largest absolute Gasteiger partial charge is 0.361 e. The molecule has 0 radical (unpaired) electrons. The van der Waals surface area contributed by atoms with Crippen LogP contribution in [0.1, 0.15) is 29.9 Å². The van der Waals surface area contributed by atoms with Crippen molar-refractivity contribution in [2.75, 3.05) is 0 Å². The van der Waals surface area contributed by atoms with E-state index in [0.717, 1.165) is 33.3 Å². The number of carbonyl (C=O) groups is 1. The lowest BCUT2D eigenvalue weighted by atomic mass is 10.1. The van der Waals surface area contributed by atoms with Gasteiger partial charge in [0.25, 0.3) is 0 Å². The molecule has 0 bridgehead atoms. The number of nitrogens with zero attached hydrogens (tertiary/aromatic N) is 2. The van der Waals surface area contributed by atoms with Crippen molar-refractivity contribution >= 4 is 27.8 Å². The minimum atomic E-state index is -0.160. The number of H-pyrrole nitrogens is 1. The van der Waals surface area contributed by atoms with Crippen LogP contribution in [-0.4, -0.2) is 20.4 Å². The summed E-state index contributed by atoms with van der Waals surface area (Å²) in [6.07, 6.45) is 2.26. The highest BCUT2D eigenvalue weighted by molar-refractivity contribution is 5.89. The summed E-state index contributed by atoms with van der Waals surface area (Å²) in [6.45, 7) is 4.03. The molecule has 2 heterocycles. The molecule has 0 saturated carbocycles. The lowest BCUT2D eigenvalue weighted by molar-refractivity contribution is -0.121. The Balaban J connectivity index is 1.52. The number of aromatic amines is 1. The summed E-state index contributed by atoms with van der Waals surface area (Å²) in [5.74, 6) is 0.847. The summed E-state index contributed by atoms with van der Waals surface area (Å²) in [6, 6.07) is 14.1. The first-order valence-corrected chi connectivity index (χ1v) is 8.80. The Labute approximate surface area is 152 Å². The van der Waals surface area contributed by atoms with Crippen LogP contribution in [0.3, 0.4) is 0 Å². The van der Waals surface area contributed by atoms with Gasteiger partial charge in [0.1, 0.15) is 5.82 Å². The van der Waals surface area contributed by atoms with Crippen LogP contribution < -0.4 is 5.32 Å². The van der Waals surface area contributed by atoms with Gasteiger partial charge in [-0.1, -0.05) is 24.3 Å². The second-order valence-corrected chi connectivity index (χ2v) is 6.85. The number of carbonyl (C=O) groups excluding carboxylic acids is 1. The molecule has 5 nitrogen and oxygen atoms in total. The van der Waals surface area contributed by atoms with E-state index in [1.807, 2.05) is 49.0 Å². The molecular formula is C21H22N4O. The van der Waals surface area contributed by atoms with Crippen molar-refractivity contribution < 1.29 is 4.79 Å². The minimum Gasteiger partial charge on any atom is -0.361 e. The van der Waals surface area contributed by atoms with Gasteiger partial charge in [-0.05, 0) is 43.2 Å². The predicted molar refractivity (Wildman–Crippen MR) is 104 cm³/mol. The number of rotatable bonds is 4. The van der Waals surface area contributed by atoms with E-state index in [1.54, 1.807) is 0 Å². The maximum Gasteiger partial charge on any atom is 0.225 e. The van der Waals surface area contributed by atoms with Gasteiger partial charge in [-0.15, -0.1) is 0 Å². The molecule has 1 amide bonds. The zero-order valence-corrected chi connectivity index (χ0v) is 15.2. The summed E-state index contributed by atoms with van der Waals surface area (Å²) >= 11 is 0. The number of nitrogens with one attached hydrogen (secondary N) is 2. The van der Waals surface area contributed by atoms with Crippen molar-refractivity contribution in [3.05, 3.63) is 65.6 Å². The van der Waals surface area contributed by atoms with Gasteiger partial charge >= 0.3 is 0 Å². The van der Waals surface area contributed by atoms with E-state index in [-0.39, 0.29) is 11.9 Å². The van der Waals surface area contributed by atoms with Gasteiger partial charge in [-0.3, -0.25) is 4.79 Å². The van der Waals surface area contributed by atoms with Crippen LogP contribution in [0.2, 0.25) is 0 Å². The Hall–Kier alpha value is -3.08. The first-order valence-electron chi connectivity index (χ1n) is 8.80. The third-order valence-electron chi connectivity index (χ3n) is 4.86. The summed E-state index contributed by atoms with van der Waals surface area (Å²) in [5, 5.41) is 4.17. The average Bonchev–Trinajstić information content (AvgIpc) is 3.16. The molecule has 0 fully saturated rings. The smallest absolute Gasteiger partial charge is 0.225 e. The van der Waals surface area contributed by atoms with Crippen LogP contribution in [0.15, 0.2) is 48.7 Å². The number of hydrogen-bond acceptors (Lipinski definition) is 2. The van der Waals surface area contributed by atoms with Gasteiger partial charge in [0.2, 0.25) is 5.91 Å². The number of hydrogen-bond donors (Lipinski definition) is 2. The lowest BCUT2D eigenvalue weighted by Gasteiger charge is -2.14. The molecular weight excluding hydrogens is 324 g/mol. The number of amides is 1. The highest BCUT2D eigenvalue weighted by atomic mass is 16.1. The van der Waals surface area contributed by atoms with Gasteiger partial charge in [0, 0.05) is 24.1 Å². The van der Waals surface area contributed by atoms with Crippen LogP contribution in [0.5, 0.6) is 0 Å². The van der Waals surface area contributed by atoms with Crippen LogP contribution in [-0.2, 0) is 18.3 Å². The fourth-order valence-electron chi connectivity index (χ4n) is 3.53. The average molecular weight is 346 g/mol. The predicted octanol–water partition coefficient (Wildman–Crippen LogP) is 3.78. The standard InChI is InChI=1S/C21H22N4O/c1-13-8-9-16-15(12-22-18(16)10-13)11-20(26)23-14(2)21-24-17-6-4-5-7-19(17)25(21)3/h4-10,12,14,22H,11H2,1-3H3,(H,23,26). The molecule has 2 aromatic heterocycles. The Morgan fingerprint density at radius 1 is 1.27 bits per heavy atom. The molecule has 26 heavy (non-hydrogen) atoms. The van der Waals surface area contributed by atoms with Gasteiger partial charge in [0.15, 0.2) is 0 Å². The zero-order chi connectivity index (χ0) is 18.3. The number of benzene rings is 2. The topological polar surface area (TPSA) is 62.7 Å². The van der Waals surface area contributed by atoms with Gasteiger partial charge in [0.05, 0.1) is 23.5 Å². The molecule has 4 aromatic rings. The molecule has 0 saturated heterocycles. The number of fused-ring (bicyclic) bond motifs is 2. The maximum atomic E-state index is 12.6. The fraction of sp³-hybridized carbons (Fsp3) is 0.238. The second kappa shape index (κ2) is 6.33. The van der Waals surface area contributed by atoms with Crippen molar-refractivity contribution in [2.45, 2.75) is 26.3 Å². The molecule has 0 aliphatic carbocycles. The van der Waals surface area contributed by atoms with Crippen LogP contribution in [0.25, 0.3) is 21.9 Å². The van der Waals surface area contributed by atoms with Crippen molar-refractivity contribution in [3.63, 3.8) is 0 Å². The third-order valence-corrected chi connectivity index (χ3v) is 4.86. The Bertz CT molecular complexity index is 1110. The van der Waals surface area contributed by atoms with Crippen LogP contribution in [0, 0.1) is 6.92 Å². The summed E-state index contributed by atoms with van der Waals surface area (Å²) in [5.41, 5.74) is 5.28. The Morgan fingerprint density at radius 2 is 2.08 bits per heavy atom. The van der Waals surface area contributed by atoms with E-state index in [0.29, 0.717) is 6.42 Å². The molecule has 2 aromatic carbocycles. The molecule has 4 rings (SSSR count).